The van der Waals surface area contributed by atoms with Crippen LogP contribution in [0.5, 0.6) is 0 Å². The van der Waals surface area contributed by atoms with Crippen LogP contribution in [0.2, 0.25) is 0 Å². The van der Waals surface area contributed by atoms with Gasteiger partial charge in [-0.05, 0) is 15.9 Å². The van der Waals surface area contributed by atoms with E-state index >= 15 is 0 Å². The van der Waals surface area contributed by atoms with Crippen molar-refractivity contribution in [3.63, 3.8) is 0 Å². The molecular weight excluding hydrogens is 250 g/mol. The molecular formula is C8H6BrN3O2. The number of methoxy groups -OCH3 is 1. The van der Waals surface area contributed by atoms with Crippen LogP contribution >= 0.6 is 15.9 Å². The molecule has 5 nitrogen and oxygen atoms in total. The summed E-state index contributed by atoms with van der Waals surface area (Å²) < 4.78 is 7.02. The van der Waals surface area contributed by atoms with Gasteiger partial charge in [-0.15, -0.1) is 0 Å². The molecule has 0 spiro atoms. The van der Waals surface area contributed by atoms with Crippen molar-refractivity contribution in [2.75, 3.05) is 7.11 Å². The van der Waals surface area contributed by atoms with Crippen LogP contribution in [0.1, 0.15) is 10.5 Å². The highest BCUT2D eigenvalue weighted by Crippen LogP contribution is 2.12. The zero-order valence-corrected chi connectivity index (χ0v) is 8.85. The lowest BCUT2D eigenvalue weighted by Gasteiger charge is -1.99. The molecule has 0 amide bonds. The molecule has 0 aromatic carbocycles. The first kappa shape index (κ1) is 9.14. The van der Waals surface area contributed by atoms with Gasteiger partial charge >= 0.3 is 5.97 Å². The summed E-state index contributed by atoms with van der Waals surface area (Å²) in [6.07, 6.45) is 4.72. The van der Waals surface area contributed by atoms with Gasteiger partial charge in [-0.1, -0.05) is 0 Å². The Balaban J connectivity index is 2.60. The standard InChI is InChI=1S/C8H6BrN3O2/c1-14-8(13)5-4-12-6(9)2-11-7(12)3-10-5/h2-4H,1H3. The lowest BCUT2D eigenvalue weighted by atomic mass is 10.4. The maximum Gasteiger partial charge on any atom is 0.358 e. The van der Waals surface area contributed by atoms with Crippen molar-refractivity contribution in [3.05, 3.63) is 28.9 Å². The second-order valence-electron chi connectivity index (χ2n) is 2.57. The van der Waals surface area contributed by atoms with Gasteiger partial charge in [0.05, 0.1) is 19.5 Å². The molecule has 0 fully saturated rings. The van der Waals surface area contributed by atoms with Gasteiger partial charge in [0.1, 0.15) is 4.60 Å². The number of nitrogens with zero attached hydrogens (tertiary/aromatic N) is 3. The second-order valence-corrected chi connectivity index (χ2v) is 3.39. The van der Waals surface area contributed by atoms with E-state index in [0.29, 0.717) is 5.65 Å². The van der Waals surface area contributed by atoms with Crippen LogP contribution in [0, 0.1) is 0 Å². The zero-order valence-electron chi connectivity index (χ0n) is 7.27. The largest absolute Gasteiger partial charge is 0.464 e. The molecule has 0 saturated carbocycles. The first-order valence-electron chi connectivity index (χ1n) is 3.79. The van der Waals surface area contributed by atoms with Crippen molar-refractivity contribution in [1.82, 2.24) is 14.4 Å². The number of hydrogen-bond acceptors (Lipinski definition) is 4. The minimum atomic E-state index is -0.465. The smallest absolute Gasteiger partial charge is 0.358 e. The number of halogens is 1. The predicted octanol–water partition coefficient (Wildman–Crippen LogP) is 1.28. The number of imidazole rings is 1. The molecule has 0 saturated heterocycles. The third kappa shape index (κ3) is 1.37. The second kappa shape index (κ2) is 3.38. The van der Waals surface area contributed by atoms with Crippen LogP contribution < -0.4 is 0 Å². The van der Waals surface area contributed by atoms with Crippen LogP contribution in [0.4, 0.5) is 0 Å². The fourth-order valence-corrected chi connectivity index (χ4v) is 1.46. The molecule has 2 aromatic heterocycles. The highest BCUT2D eigenvalue weighted by Gasteiger charge is 2.09. The van der Waals surface area contributed by atoms with Crippen LogP contribution in [0.25, 0.3) is 5.65 Å². The Morgan fingerprint density at radius 2 is 2.29 bits per heavy atom. The Morgan fingerprint density at radius 3 is 3.00 bits per heavy atom. The Bertz CT molecular complexity index is 494. The molecule has 0 radical (unpaired) electrons. The monoisotopic (exact) mass is 255 g/mol. The van der Waals surface area contributed by atoms with Crippen molar-refractivity contribution in [2.24, 2.45) is 0 Å². The maximum atomic E-state index is 11.2. The fourth-order valence-electron chi connectivity index (χ4n) is 1.07. The van der Waals surface area contributed by atoms with Crippen molar-refractivity contribution in [2.45, 2.75) is 0 Å². The molecule has 0 unspecified atom stereocenters. The summed E-state index contributed by atoms with van der Waals surface area (Å²) >= 11 is 3.29. The Hall–Kier alpha value is -1.43. The molecule has 6 heteroatoms. The highest BCUT2D eigenvalue weighted by molar-refractivity contribution is 9.10. The van der Waals surface area contributed by atoms with E-state index in [-0.39, 0.29) is 5.69 Å². The molecule has 14 heavy (non-hydrogen) atoms. The van der Waals surface area contributed by atoms with Crippen molar-refractivity contribution in [1.29, 1.82) is 0 Å². The molecule has 0 atom stereocenters. The number of fused-ring (bicyclic) bond motifs is 1. The van der Waals surface area contributed by atoms with Crippen LogP contribution in [-0.4, -0.2) is 27.4 Å². The van der Waals surface area contributed by atoms with Gasteiger partial charge in [-0.25, -0.2) is 14.8 Å². The van der Waals surface area contributed by atoms with Gasteiger partial charge < -0.3 is 4.74 Å². The summed E-state index contributed by atoms with van der Waals surface area (Å²) in [5.74, 6) is -0.465. The number of ether oxygens (including phenoxy) is 1. The fraction of sp³-hybridized carbons (Fsp3) is 0.125. The molecule has 0 aliphatic rings. The summed E-state index contributed by atoms with van der Waals surface area (Å²) in [5, 5.41) is 0. The highest BCUT2D eigenvalue weighted by atomic mass is 79.9. The normalized spacial score (nSPS) is 10.4. The number of aromatic nitrogens is 3. The molecule has 72 valence electrons. The van der Waals surface area contributed by atoms with Gasteiger partial charge in [-0.2, -0.15) is 0 Å². The molecule has 0 aliphatic carbocycles. The van der Waals surface area contributed by atoms with E-state index in [2.05, 4.69) is 30.6 Å². The van der Waals surface area contributed by atoms with Crippen LogP contribution in [0.15, 0.2) is 23.2 Å². The SMILES string of the molecule is COC(=O)c1cn2c(Br)cnc2cn1. The zero-order chi connectivity index (χ0) is 10.1. The maximum absolute atomic E-state index is 11.2. The summed E-state index contributed by atoms with van der Waals surface area (Å²) in [6.45, 7) is 0. The minimum absolute atomic E-state index is 0.249. The first-order chi connectivity index (χ1) is 6.72. The summed E-state index contributed by atoms with van der Waals surface area (Å²) in [6, 6.07) is 0. The quantitative estimate of drug-likeness (QED) is 0.721. The van der Waals surface area contributed by atoms with Gasteiger partial charge in [0.25, 0.3) is 0 Å². The Morgan fingerprint density at radius 1 is 1.50 bits per heavy atom. The molecule has 2 aromatic rings. The first-order valence-corrected chi connectivity index (χ1v) is 4.58. The number of hydrogen-bond donors (Lipinski definition) is 0. The Labute approximate surface area is 87.9 Å². The van der Waals surface area contributed by atoms with Crippen molar-refractivity contribution < 1.29 is 9.53 Å². The lowest BCUT2D eigenvalue weighted by Crippen LogP contribution is -2.05. The summed E-state index contributed by atoms with van der Waals surface area (Å²) in [7, 11) is 1.32. The third-order valence-electron chi connectivity index (χ3n) is 1.75. The molecule has 0 aliphatic heterocycles. The molecule has 0 bridgehead atoms. The van der Waals surface area contributed by atoms with Gasteiger partial charge in [-0.3, -0.25) is 4.40 Å². The topological polar surface area (TPSA) is 56.5 Å². The van der Waals surface area contributed by atoms with Crippen molar-refractivity contribution >= 4 is 27.5 Å². The van der Waals surface area contributed by atoms with Gasteiger partial charge in [0, 0.05) is 6.20 Å². The van der Waals surface area contributed by atoms with Gasteiger partial charge in [0.2, 0.25) is 0 Å². The van der Waals surface area contributed by atoms with E-state index in [1.54, 1.807) is 16.8 Å². The van der Waals surface area contributed by atoms with E-state index in [0.717, 1.165) is 4.60 Å². The molecule has 0 N–H and O–H groups in total. The summed E-state index contributed by atoms with van der Waals surface area (Å²) in [4.78, 5) is 19.1. The van der Waals surface area contributed by atoms with E-state index < -0.39 is 5.97 Å². The number of esters is 1. The summed E-state index contributed by atoms with van der Waals surface area (Å²) in [5.41, 5.74) is 0.920. The molecule has 2 heterocycles. The third-order valence-corrected chi connectivity index (χ3v) is 2.33. The van der Waals surface area contributed by atoms with E-state index in [1.807, 2.05) is 0 Å². The average Bonchev–Trinajstić information content (AvgIpc) is 2.59. The van der Waals surface area contributed by atoms with Gasteiger partial charge in [0.15, 0.2) is 11.3 Å². The number of rotatable bonds is 1. The molecule has 2 rings (SSSR count). The van der Waals surface area contributed by atoms with Crippen LogP contribution in [0.3, 0.4) is 0 Å². The number of carbonyl (C=O) groups is 1. The Kier molecular flexibility index (Phi) is 2.20. The minimum Gasteiger partial charge on any atom is -0.464 e. The van der Waals surface area contributed by atoms with Crippen LogP contribution in [-0.2, 0) is 4.74 Å². The van der Waals surface area contributed by atoms with E-state index in [1.165, 1.54) is 13.3 Å². The number of carbonyl (C=O) groups excluding carboxylic acids is 1. The predicted molar refractivity (Wildman–Crippen MR) is 52.0 cm³/mol. The van der Waals surface area contributed by atoms with E-state index in [9.17, 15) is 4.79 Å². The van der Waals surface area contributed by atoms with E-state index in [4.69, 9.17) is 0 Å². The lowest BCUT2D eigenvalue weighted by molar-refractivity contribution is 0.0593. The average molecular weight is 256 g/mol. The van der Waals surface area contributed by atoms with Crippen molar-refractivity contribution in [3.8, 4) is 0 Å².